The predicted molar refractivity (Wildman–Crippen MR) is 70.7 cm³/mol. The molecule has 0 saturated heterocycles. The van der Waals surface area contributed by atoms with Gasteiger partial charge in [-0.25, -0.2) is 0 Å². The van der Waals surface area contributed by atoms with Gasteiger partial charge in [0.25, 0.3) is 0 Å². The first-order valence-electron chi connectivity index (χ1n) is 5.06. The van der Waals surface area contributed by atoms with Crippen LogP contribution in [0.1, 0.15) is 5.56 Å². The van der Waals surface area contributed by atoms with Crippen LogP contribution in [0.15, 0.2) is 48.5 Å². The fraction of sp³-hybridized carbons (Fsp3) is 0.0769. The molecule has 0 spiro atoms. The number of hydrogen-bond acceptors (Lipinski definition) is 1. The number of ether oxygens (including phenoxy) is 1. The Balaban J connectivity index is 2.33. The van der Waals surface area contributed by atoms with Crippen LogP contribution in [0, 0.1) is 3.57 Å². The maximum Gasteiger partial charge on any atom is 0.416 e. The van der Waals surface area contributed by atoms with Gasteiger partial charge in [-0.3, -0.25) is 0 Å². The van der Waals surface area contributed by atoms with Crippen LogP contribution in [0.2, 0.25) is 0 Å². The minimum atomic E-state index is -4.36. The summed E-state index contributed by atoms with van der Waals surface area (Å²) in [5, 5.41) is 0. The van der Waals surface area contributed by atoms with Crippen molar-refractivity contribution in [2.75, 3.05) is 0 Å². The Labute approximate surface area is 116 Å². The molecular formula is C13H8F3IO. The molecule has 94 valence electrons. The average molecular weight is 364 g/mol. The highest BCUT2D eigenvalue weighted by Crippen LogP contribution is 2.35. The van der Waals surface area contributed by atoms with E-state index in [0.29, 0.717) is 9.32 Å². The smallest absolute Gasteiger partial charge is 0.416 e. The van der Waals surface area contributed by atoms with Crippen molar-refractivity contribution in [2.24, 2.45) is 0 Å². The summed E-state index contributed by atoms with van der Waals surface area (Å²) in [5.74, 6) is 0.714. The second kappa shape index (κ2) is 5.17. The molecule has 0 heterocycles. The number of benzene rings is 2. The highest BCUT2D eigenvalue weighted by molar-refractivity contribution is 14.1. The molecule has 0 bridgehead atoms. The summed E-state index contributed by atoms with van der Waals surface area (Å²) in [6.45, 7) is 0. The van der Waals surface area contributed by atoms with E-state index in [1.807, 2.05) is 28.7 Å². The van der Waals surface area contributed by atoms with Gasteiger partial charge in [0.1, 0.15) is 11.5 Å². The summed E-state index contributed by atoms with van der Waals surface area (Å²) in [7, 11) is 0. The highest BCUT2D eigenvalue weighted by Gasteiger charge is 2.31. The largest absolute Gasteiger partial charge is 0.456 e. The van der Waals surface area contributed by atoms with E-state index in [4.69, 9.17) is 4.74 Å². The molecule has 0 aliphatic heterocycles. The normalized spacial score (nSPS) is 11.3. The van der Waals surface area contributed by atoms with E-state index in [2.05, 4.69) is 0 Å². The third-order valence-corrected chi connectivity index (χ3v) is 3.12. The summed E-state index contributed by atoms with van der Waals surface area (Å²) in [5.41, 5.74) is -0.714. The molecule has 0 aliphatic rings. The lowest BCUT2D eigenvalue weighted by Gasteiger charge is -2.11. The van der Waals surface area contributed by atoms with Crippen molar-refractivity contribution >= 4 is 22.6 Å². The first-order valence-corrected chi connectivity index (χ1v) is 6.14. The molecule has 2 aromatic rings. The number of halogens is 4. The van der Waals surface area contributed by atoms with E-state index >= 15 is 0 Å². The summed E-state index contributed by atoms with van der Waals surface area (Å²) in [6.07, 6.45) is -4.36. The third kappa shape index (κ3) is 3.16. The van der Waals surface area contributed by atoms with Gasteiger partial charge in [0, 0.05) is 0 Å². The van der Waals surface area contributed by atoms with Crippen LogP contribution in [-0.2, 0) is 6.18 Å². The lowest BCUT2D eigenvalue weighted by Crippen LogP contribution is -2.05. The van der Waals surface area contributed by atoms with Crippen molar-refractivity contribution in [3.63, 3.8) is 0 Å². The SMILES string of the molecule is FC(F)(F)c1ccc(I)c(Oc2ccccc2)c1. The summed E-state index contributed by atoms with van der Waals surface area (Å²) in [4.78, 5) is 0. The predicted octanol–water partition coefficient (Wildman–Crippen LogP) is 5.10. The maximum absolute atomic E-state index is 12.6. The number of hydrogen-bond donors (Lipinski definition) is 0. The van der Waals surface area contributed by atoms with Crippen LogP contribution in [0.3, 0.4) is 0 Å². The van der Waals surface area contributed by atoms with Gasteiger partial charge in [-0.1, -0.05) is 18.2 Å². The standard InChI is InChI=1S/C13H8F3IO/c14-13(15,16)9-6-7-11(17)12(8-9)18-10-4-2-1-3-5-10/h1-8H. The summed E-state index contributed by atoms with van der Waals surface area (Å²) >= 11 is 1.94. The van der Waals surface area contributed by atoms with Gasteiger partial charge in [-0.15, -0.1) is 0 Å². The monoisotopic (exact) mass is 364 g/mol. The van der Waals surface area contributed by atoms with Gasteiger partial charge >= 0.3 is 6.18 Å². The molecule has 2 aromatic carbocycles. The minimum Gasteiger partial charge on any atom is -0.456 e. The Morgan fingerprint density at radius 2 is 1.61 bits per heavy atom. The zero-order valence-electron chi connectivity index (χ0n) is 9.04. The Morgan fingerprint density at radius 3 is 2.22 bits per heavy atom. The van der Waals surface area contributed by atoms with Gasteiger partial charge in [0.15, 0.2) is 0 Å². The first kappa shape index (κ1) is 13.2. The number of rotatable bonds is 2. The van der Waals surface area contributed by atoms with Crippen LogP contribution >= 0.6 is 22.6 Å². The van der Waals surface area contributed by atoms with Gasteiger partial charge in [-0.05, 0) is 52.9 Å². The molecule has 0 amide bonds. The van der Waals surface area contributed by atoms with Crippen molar-refractivity contribution < 1.29 is 17.9 Å². The van der Waals surface area contributed by atoms with Crippen LogP contribution in [0.4, 0.5) is 13.2 Å². The van der Waals surface area contributed by atoms with Crippen molar-refractivity contribution in [3.05, 3.63) is 57.7 Å². The zero-order chi connectivity index (χ0) is 13.2. The number of alkyl halides is 3. The van der Waals surface area contributed by atoms with Crippen LogP contribution < -0.4 is 4.74 Å². The Bertz CT molecular complexity index is 538. The lowest BCUT2D eigenvalue weighted by molar-refractivity contribution is -0.137. The van der Waals surface area contributed by atoms with Crippen LogP contribution in [0.5, 0.6) is 11.5 Å². The molecule has 0 radical (unpaired) electrons. The first-order chi connectivity index (χ1) is 8.47. The van der Waals surface area contributed by atoms with Crippen molar-refractivity contribution in [1.82, 2.24) is 0 Å². The molecule has 0 unspecified atom stereocenters. The van der Waals surface area contributed by atoms with Crippen molar-refractivity contribution in [2.45, 2.75) is 6.18 Å². The zero-order valence-corrected chi connectivity index (χ0v) is 11.2. The van der Waals surface area contributed by atoms with Crippen LogP contribution in [-0.4, -0.2) is 0 Å². The molecule has 0 saturated carbocycles. The van der Waals surface area contributed by atoms with E-state index < -0.39 is 11.7 Å². The molecule has 0 aliphatic carbocycles. The number of para-hydroxylation sites is 1. The molecule has 0 fully saturated rings. The Morgan fingerprint density at radius 1 is 0.944 bits per heavy atom. The molecule has 5 heteroatoms. The highest BCUT2D eigenvalue weighted by atomic mass is 127. The fourth-order valence-electron chi connectivity index (χ4n) is 1.37. The van der Waals surface area contributed by atoms with Gasteiger partial charge in [0.05, 0.1) is 9.13 Å². The molecule has 18 heavy (non-hydrogen) atoms. The van der Waals surface area contributed by atoms with E-state index in [9.17, 15) is 13.2 Å². The summed E-state index contributed by atoms with van der Waals surface area (Å²) < 4.78 is 43.8. The maximum atomic E-state index is 12.6. The molecule has 0 aromatic heterocycles. The van der Waals surface area contributed by atoms with Crippen molar-refractivity contribution in [3.8, 4) is 11.5 Å². The molecular weight excluding hydrogens is 356 g/mol. The van der Waals surface area contributed by atoms with E-state index in [1.54, 1.807) is 24.3 Å². The quantitative estimate of drug-likeness (QED) is 0.674. The second-order valence-electron chi connectivity index (χ2n) is 3.56. The molecule has 0 atom stereocenters. The van der Waals surface area contributed by atoms with E-state index in [0.717, 1.165) is 12.1 Å². The van der Waals surface area contributed by atoms with Crippen LogP contribution in [0.25, 0.3) is 0 Å². The molecule has 0 N–H and O–H groups in total. The van der Waals surface area contributed by atoms with Crippen molar-refractivity contribution in [1.29, 1.82) is 0 Å². The minimum absolute atomic E-state index is 0.205. The Hall–Kier alpha value is -1.24. The molecule has 1 nitrogen and oxygen atoms in total. The fourth-order valence-corrected chi connectivity index (χ4v) is 1.82. The van der Waals surface area contributed by atoms with E-state index in [-0.39, 0.29) is 5.75 Å². The van der Waals surface area contributed by atoms with Gasteiger partial charge in [-0.2, -0.15) is 13.2 Å². The average Bonchev–Trinajstić information content (AvgIpc) is 2.32. The van der Waals surface area contributed by atoms with Gasteiger partial charge < -0.3 is 4.74 Å². The molecule has 2 rings (SSSR count). The van der Waals surface area contributed by atoms with Gasteiger partial charge in [0.2, 0.25) is 0 Å². The lowest BCUT2D eigenvalue weighted by atomic mass is 10.2. The summed E-state index contributed by atoms with van der Waals surface area (Å²) in [6, 6.07) is 12.2. The topological polar surface area (TPSA) is 9.23 Å². The Kier molecular flexibility index (Phi) is 3.79. The van der Waals surface area contributed by atoms with E-state index in [1.165, 1.54) is 6.07 Å². The second-order valence-corrected chi connectivity index (χ2v) is 4.72. The third-order valence-electron chi connectivity index (χ3n) is 2.23.